The summed E-state index contributed by atoms with van der Waals surface area (Å²) in [6.07, 6.45) is 0. The van der Waals surface area contributed by atoms with Crippen molar-refractivity contribution in [2.24, 2.45) is 0 Å². The van der Waals surface area contributed by atoms with Gasteiger partial charge in [0.05, 0.1) is 5.56 Å². The third-order valence-corrected chi connectivity index (χ3v) is 5.65. The van der Waals surface area contributed by atoms with Crippen LogP contribution in [0.1, 0.15) is 22.8 Å². The molecule has 2 aromatic rings. The van der Waals surface area contributed by atoms with Crippen molar-refractivity contribution in [3.63, 3.8) is 0 Å². The molecule has 30 heavy (non-hydrogen) atoms. The first-order chi connectivity index (χ1) is 14.4. The quantitative estimate of drug-likeness (QED) is 0.702. The average Bonchev–Trinajstić information content (AvgIpc) is 2.73. The van der Waals surface area contributed by atoms with Crippen LogP contribution in [-0.4, -0.2) is 60.9 Å². The Morgan fingerprint density at radius 1 is 1.07 bits per heavy atom. The minimum Gasteiger partial charge on any atom is -0.488 e. The highest BCUT2D eigenvalue weighted by Crippen LogP contribution is 2.24. The number of piperazine rings is 1. The van der Waals surface area contributed by atoms with E-state index in [1.54, 1.807) is 43.3 Å². The second-order valence-corrected chi connectivity index (χ2v) is 7.97. The standard InChI is InChI=1S/C22H25Cl2N3O3/c1-16(28)27-12-10-26(11-13-27)9-8-25-22(29)19-4-2-3-5-21(19)30-15-17-6-7-18(23)14-20(17)24/h2-7,14H,8-13,15H2,1H3,(H,25,29). The summed E-state index contributed by atoms with van der Waals surface area (Å²) < 4.78 is 5.86. The SMILES string of the molecule is CC(=O)N1CCN(CCNC(=O)c2ccccc2OCc2ccc(Cl)cc2Cl)CC1. The normalized spacial score (nSPS) is 14.4. The lowest BCUT2D eigenvalue weighted by Gasteiger charge is -2.34. The van der Waals surface area contributed by atoms with Crippen molar-refractivity contribution in [2.75, 3.05) is 39.3 Å². The molecule has 0 radical (unpaired) electrons. The van der Waals surface area contributed by atoms with Crippen molar-refractivity contribution >= 4 is 35.0 Å². The van der Waals surface area contributed by atoms with Gasteiger partial charge in [-0.3, -0.25) is 14.5 Å². The van der Waals surface area contributed by atoms with Crippen molar-refractivity contribution in [1.29, 1.82) is 0 Å². The summed E-state index contributed by atoms with van der Waals surface area (Å²) in [6.45, 7) is 6.18. The molecule has 2 aromatic carbocycles. The maximum absolute atomic E-state index is 12.7. The summed E-state index contributed by atoms with van der Waals surface area (Å²) in [5.41, 5.74) is 1.27. The fourth-order valence-corrected chi connectivity index (χ4v) is 3.75. The molecule has 0 saturated carbocycles. The lowest BCUT2D eigenvalue weighted by atomic mass is 10.2. The lowest BCUT2D eigenvalue weighted by molar-refractivity contribution is -0.130. The maximum atomic E-state index is 12.7. The lowest BCUT2D eigenvalue weighted by Crippen LogP contribution is -2.49. The molecule has 1 fully saturated rings. The first-order valence-electron chi connectivity index (χ1n) is 9.86. The van der Waals surface area contributed by atoms with Gasteiger partial charge in [0.15, 0.2) is 0 Å². The van der Waals surface area contributed by atoms with Crippen LogP contribution in [0.4, 0.5) is 0 Å². The second-order valence-electron chi connectivity index (χ2n) is 7.12. The van der Waals surface area contributed by atoms with Gasteiger partial charge in [-0.15, -0.1) is 0 Å². The van der Waals surface area contributed by atoms with Gasteiger partial charge in [0.25, 0.3) is 5.91 Å². The predicted molar refractivity (Wildman–Crippen MR) is 118 cm³/mol. The number of benzene rings is 2. The van der Waals surface area contributed by atoms with Gasteiger partial charge in [0, 0.05) is 61.8 Å². The zero-order chi connectivity index (χ0) is 21.5. The Bertz CT molecular complexity index is 899. The summed E-state index contributed by atoms with van der Waals surface area (Å²) in [5.74, 6) is 0.422. The molecule has 2 amide bonds. The van der Waals surface area contributed by atoms with Crippen LogP contribution in [0.15, 0.2) is 42.5 Å². The van der Waals surface area contributed by atoms with Crippen LogP contribution in [0, 0.1) is 0 Å². The average molecular weight is 450 g/mol. The first-order valence-corrected chi connectivity index (χ1v) is 10.6. The molecule has 0 aliphatic carbocycles. The zero-order valence-corrected chi connectivity index (χ0v) is 18.4. The largest absolute Gasteiger partial charge is 0.488 e. The van der Waals surface area contributed by atoms with E-state index >= 15 is 0 Å². The van der Waals surface area contributed by atoms with E-state index in [2.05, 4.69) is 10.2 Å². The second kappa shape index (κ2) is 10.7. The zero-order valence-electron chi connectivity index (χ0n) is 16.9. The Hall–Kier alpha value is -2.28. The molecule has 3 rings (SSSR count). The molecule has 160 valence electrons. The Balaban J connectivity index is 1.51. The fourth-order valence-electron chi connectivity index (χ4n) is 3.28. The van der Waals surface area contributed by atoms with Crippen molar-refractivity contribution in [3.05, 3.63) is 63.6 Å². The van der Waals surface area contributed by atoms with Gasteiger partial charge in [-0.05, 0) is 24.3 Å². The van der Waals surface area contributed by atoms with Crippen LogP contribution < -0.4 is 10.1 Å². The minimum atomic E-state index is -0.185. The van der Waals surface area contributed by atoms with Crippen LogP contribution in [0.2, 0.25) is 10.0 Å². The Labute approximate surface area is 186 Å². The number of nitrogens with one attached hydrogen (secondary N) is 1. The van der Waals surface area contributed by atoms with Gasteiger partial charge in [-0.2, -0.15) is 0 Å². The molecule has 0 spiro atoms. The van der Waals surface area contributed by atoms with Crippen molar-refractivity contribution < 1.29 is 14.3 Å². The van der Waals surface area contributed by atoms with Gasteiger partial charge in [-0.25, -0.2) is 0 Å². The fraction of sp³-hybridized carbons (Fsp3) is 0.364. The topological polar surface area (TPSA) is 61.9 Å². The Kier molecular flexibility index (Phi) is 7.96. The smallest absolute Gasteiger partial charge is 0.255 e. The predicted octanol–water partition coefficient (Wildman–Crippen LogP) is 3.47. The van der Waals surface area contributed by atoms with Crippen LogP contribution in [0.3, 0.4) is 0 Å². The van der Waals surface area contributed by atoms with E-state index in [0.717, 1.165) is 38.3 Å². The molecule has 6 nitrogen and oxygen atoms in total. The van der Waals surface area contributed by atoms with Gasteiger partial charge in [0.2, 0.25) is 5.91 Å². The van der Waals surface area contributed by atoms with E-state index in [0.29, 0.717) is 27.9 Å². The summed E-state index contributed by atoms with van der Waals surface area (Å²) >= 11 is 12.1. The highest BCUT2D eigenvalue weighted by molar-refractivity contribution is 6.35. The maximum Gasteiger partial charge on any atom is 0.255 e. The van der Waals surface area contributed by atoms with E-state index in [-0.39, 0.29) is 18.4 Å². The molecule has 1 saturated heterocycles. The molecule has 1 N–H and O–H groups in total. The molecule has 0 atom stereocenters. The Morgan fingerprint density at radius 3 is 2.50 bits per heavy atom. The molecule has 0 bridgehead atoms. The molecule has 0 aromatic heterocycles. The van der Waals surface area contributed by atoms with Crippen LogP contribution >= 0.6 is 23.2 Å². The van der Waals surface area contributed by atoms with E-state index in [1.165, 1.54) is 0 Å². The summed E-state index contributed by atoms with van der Waals surface area (Å²) in [4.78, 5) is 28.1. The van der Waals surface area contributed by atoms with E-state index in [4.69, 9.17) is 27.9 Å². The van der Waals surface area contributed by atoms with Crippen molar-refractivity contribution in [3.8, 4) is 5.75 Å². The minimum absolute atomic E-state index is 0.111. The number of para-hydroxylation sites is 1. The number of rotatable bonds is 7. The van der Waals surface area contributed by atoms with Gasteiger partial charge in [-0.1, -0.05) is 41.4 Å². The first kappa shape index (κ1) is 22.4. The highest BCUT2D eigenvalue weighted by atomic mass is 35.5. The third kappa shape index (κ3) is 6.11. The Morgan fingerprint density at radius 2 is 1.80 bits per heavy atom. The van der Waals surface area contributed by atoms with Crippen molar-refractivity contribution in [2.45, 2.75) is 13.5 Å². The number of hydrogen-bond donors (Lipinski definition) is 1. The number of carbonyl (C=O) groups is 2. The molecule has 8 heteroatoms. The summed E-state index contributed by atoms with van der Waals surface area (Å²) in [5, 5.41) is 4.04. The molecule has 0 unspecified atom stereocenters. The number of carbonyl (C=O) groups excluding carboxylic acids is 2. The third-order valence-electron chi connectivity index (χ3n) is 5.06. The number of hydrogen-bond acceptors (Lipinski definition) is 4. The number of nitrogens with zero attached hydrogens (tertiary/aromatic N) is 2. The van der Waals surface area contributed by atoms with Crippen molar-refractivity contribution in [1.82, 2.24) is 15.1 Å². The van der Waals surface area contributed by atoms with Gasteiger partial charge in [0.1, 0.15) is 12.4 Å². The van der Waals surface area contributed by atoms with Crippen LogP contribution in [-0.2, 0) is 11.4 Å². The van der Waals surface area contributed by atoms with Gasteiger partial charge < -0.3 is 15.0 Å². The molecule has 1 aliphatic heterocycles. The van der Waals surface area contributed by atoms with E-state index in [9.17, 15) is 9.59 Å². The van der Waals surface area contributed by atoms with Crippen LogP contribution in [0.25, 0.3) is 0 Å². The molecular weight excluding hydrogens is 425 g/mol. The molecule has 1 heterocycles. The number of amides is 2. The molecule has 1 aliphatic rings. The number of halogens is 2. The molecular formula is C22H25Cl2N3O3. The summed E-state index contributed by atoms with van der Waals surface area (Å²) in [6, 6.07) is 12.3. The highest BCUT2D eigenvalue weighted by Gasteiger charge is 2.18. The summed E-state index contributed by atoms with van der Waals surface area (Å²) in [7, 11) is 0. The monoisotopic (exact) mass is 449 g/mol. The van der Waals surface area contributed by atoms with E-state index < -0.39 is 0 Å². The number of ether oxygens (including phenoxy) is 1. The van der Waals surface area contributed by atoms with Crippen LogP contribution in [0.5, 0.6) is 5.75 Å². The van der Waals surface area contributed by atoms with Gasteiger partial charge >= 0.3 is 0 Å². The van der Waals surface area contributed by atoms with E-state index in [1.807, 2.05) is 11.0 Å².